The van der Waals surface area contributed by atoms with Crippen molar-refractivity contribution in [2.75, 3.05) is 24.6 Å². The van der Waals surface area contributed by atoms with Crippen molar-refractivity contribution in [1.29, 1.82) is 5.26 Å². The molecule has 2 aliphatic rings. The number of carbonyl (C=O) groups excluding carboxylic acids is 1. The molecule has 1 N–H and O–H groups in total. The maximum absolute atomic E-state index is 13.3. The van der Waals surface area contributed by atoms with Gasteiger partial charge in [0.2, 0.25) is 5.91 Å². The van der Waals surface area contributed by atoms with Gasteiger partial charge >= 0.3 is 0 Å². The number of hydrogen-bond donors (Lipinski definition) is 1. The monoisotopic (exact) mass is 285 g/mol. The van der Waals surface area contributed by atoms with Crippen molar-refractivity contribution in [2.45, 2.75) is 43.9 Å². The average molecular weight is 285 g/mol. The summed E-state index contributed by atoms with van der Waals surface area (Å²) in [5.74, 6) is 2.05. The third-order valence-corrected chi connectivity index (χ3v) is 4.97. The first-order valence-electron chi connectivity index (χ1n) is 6.70. The molecule has 0 unspecified atom stereocenters. The normalized spacial score (nSPS) is 30.1. The first-order chi connectivity index (χ1) is 9.04. The Morgan fingerprint density at radius 1 is 1.58 bits per heavy atom. The Morgan fingerprint density at radius 2 is 2.26 bits per heavy atom. The number of thioether (sulfide) groups is 1. The highest BCUT2D eigenvalue weighted by Crippen LogP contribution is 2.26. The Morgan fingerprint density at radius 3 is 2.89 bits per heavy atom. The molecule has 1 amide bonds. The van der Waals surface area contributed by atoms with E-state index < -0.39 is 12.2 Å². The van der Waals surface area contributed by atoms with Crippen molar-refractivity contribution >= 4 is 17.7 Å². The summed E-state index contributed by atoms with van der Waals surface area (Å²) in [6.45, 7) is 2.39. The largest absolute Gasteiger partial charge is 0.323 e. The molecule has 0 radical (unpaired) electrons. The molecule has 106 valence electrons. The standard InChI is InChI=1S/C13H20FN3OS/c1-13(2-4-19-5-3-13)16-8-12(18)17-9-10(14)6-11(17)7-15/h10-11,16H,2-6,8-9H2,1H3/t10-,11-/m0/s1. The highest BCUT2D eigenvalue weighted by molar-refractivity contribution is 7.99. The summed E-state index contributed by atoms with van der Waals surface area (Å²) < 4.78 is 13.3. The van der Waals surface area contributed by atoms with Crippen molar-refractivity contribution in [3.8, 4) is 6.07 Å². The Hall–Kier alpha value is -0.800. The van der Waals surface area contributed by atoms with Crippen molar-refractivity contribution in [2.24, 2.45) is 0 Å². The lowest BCUT2D eigenvalue weighted by Gasteiger charge is -2.35. The van der Waals surface area contributed by atoms with E-state index in [1.165, 1.54) is 4.90 Å². The van der Waals surface area contributed by atoms with Crippen LogP contribution in [0.1, 0.15) is 26.2 Å². The fourth-order valence-electron chi connectivity index (χ4n) is 2.57. The average Bonchev–Trinajstić information content (AvgIpc) is 2.78. The number of rotatable bonds is 3. The molecule has 0 bridgehead atoms. The van der Waals surface area contributed by atoms with Crippen molar-refractivity contribution in [3.05, 3.63) is 0 Å². The van der Waals surface area contributed by atoms with Crippen LogP contribution in [0.25, 0.3) is 0 Å². The predicted octanol–water partition coefficient (Wildman–Crippen LogP) is 1.32. The van der Waals surface area contributed by atoms with Crippen molar-refractivity contribution in [3.63, 3.8) is 0 Å². The van der Waals surface area contributed by atoms with E-state index >= 15 is 0 Å². The van der Waals surface area contributed by atoms with Gasteiger partial charge in [0.15, 0.2) is 0 Å². The zero-order valence-corrected chi connectivity index (χ0v) is 12.0. The van der Waals surface area contributed by atoms with E-state index in [1.54, 1.807) is 0 Å². The second-order valence-corrected chi connectivity index (χ2v) is 6.78. The summed E-state index contributed by atoms with van der Waals surface area (Å²) in [5, 5.41) is 12.2. The molecule has 2 rings (SSSR count). The molecule has 0 aromatic rings. The molecule has 2 fully saturated rings. The molecule has 0 aromatic carbocycles. The minimum Gasteiger partial charge on any atom is -0.323 e. The second kappa shape index (κ2) is 6.10. The molecule has 4 nitrogen and oxygen atoms in total. The van der Waals surface area contributed by atoms with E-state index in [0.717, 1.165) is 24.3 Å². The molecular formula is C13H20FN3OS. The second-order valence-electron chi connectivity index (χ2n) is 5.55. The van der Waals surface area contributed by atoms with Crippen LogP contribution in [0.3, 0.4) is 0 Å². The van der Waals surface area contributed by atoms with Gasteiger partial charge in [-0.15, -0.1) is 0 Å². The molecule has 6 heteroatoms. The maximum Gasteiger partial charge on any atom is 0.237 e. The summed E-state index contributed by atoms with van der Waals surface area (Å²) in [5.41, 5.74) is -0.00209. The number of nitriles is 1. The summed E-state index contributed by atoms with van der Waals surface area (Å²) in [6, 6.07) is 1.41. The lowest BCUT2D eigenvalue weighted by Crippen LogP contribution is -2.50. The van der Waals surface area contributed by atoms with Gasteiger partial charge in [-0.05, 0) is 31.3 Å². The summed E-state index contributed by atoms with van der Waals surface area (Å²) in [4.78, 5) is 13.5. The summed E-state index contributed by atoms with van der Waals surface area (Å²) in [7, 11) is 0. The molecule has 19 heavy (non-hydrogen) atoms. The number of hydrogen-bond acceptors (Lipinski definition) is 4. The van der Waals surface area contributed by atoms with Gasteiger partial charge in [0.1, 0.15) is 12.2 Å². The smallest absolute Gasteiger partial charge is 0.237 e. The van der Waals surface area contributed by atoms with Crippen LogP contribution < -0.4 is 5.32 Å². The van der Waals surface area contributed by atoms with Gasteiger partial charge in [-0.2, -0.15) is 17.0 Å². The SMILES string of the molecule is CC1(NCC(=O)N2C[C@@H](F)C[C@H]2C#N)CCSCC1. The van der Waals surface area contributed by atoms with E-state index in [4.69, 9.17) is 5.26 Å². The Bertz CT molecular complexity index is 379. The van der Waals surface area contributed by atoms with Crippen LogP contribution in [0.5, 0.6) is 0 Å². The van der Waals surface area contributed by atoms with Gasteiger partial charge in [-0.25, -0.2) is 4.39 Å². The van der Waals surface area contributed by atoms with E-state index in [9.17, 15) is 9.18 Å². The van der Waals surface area contributed by atoms with Crippen LogP contribution in [0.4, 0.5) is 4.39 Å². The van der Waals surface area contributed by atoms with Gasteiger partial charge in [0.05, 0.1) is 19.2 Å². The number of likely N-dealkylation sites (tertiary alicyclic amines) is 1. The van der Waals surface area contributed by atoms with Gasteiger partial charge in [-0.1, -0.05) is 0 Å². The van der Waals surface area contributed by atoms with Crippen LogP contribution in [-0.4, -0.2) is 53.2 Å². The van der Waals surface area contributed by atoms with Gasteiger partial charge in [0, 0.05) is 12.0 Å². The highest BCUT2D eigenvalue weighted by Gasteiger charge is 2.36. The molecule has 2 heterocycles. The predicted molar refractivity (Wildman–Crippen MR) is 73.6 cm³/mol. The molecule has 0 aromatic heterocycles. The fourth-order valence-corrected chi connectivity index (χ4v) is 3.97. The van der Waals surface area contributed by atoms with Crippen LogP contribution in [0, 0.1) is 11.3 Å². The van der Waals surface area contributed by atoms with E-state index in [2.05, 4.69) is 12.2 Å². The van der Waals surface area contributed by atoms with E-state index in [0.29, 0.717) is 0 Å². The van der Waals surface area contributed by atoms with E-state index in [-0.39, 0.29) is 31.0 Å². The van der Waals surface area contributed by atoms with Crippen molar-refractivity contribution in [1.82, 2.24) is 10.2 Å². The zero-order chi connectivity index (χ0) is 13.9. The quantitative estimate of drug-likeness (QED) is 0.850. The minimum atomic E-state index is -1.06. The molecule has 2 atom stereocenters. The third-order valence-electron chi connectivity index (χ3n) is 3.98. The number of alkyl halides is 1. The van der Waals surface area contributed by atoms with E-state index in [1.807, 2.05) is 17.8 Å². The topological polar surface area (TPSA) is 56.1 Å². The molecular weight excluding hydrogens is 265 g/mol. The molecule has 2 aliphatic heterocycles. The molecule has 0 saturated carbocycles. The van der Waals surface area contributed by atoms with Gasteiger partial charge in [0.25, 0.3) is 0 Å². The minimum absolute atomic E-state index is 0.00209. The first-order valence-corrected chi connectivity index (χ1v) is 7.85. The van der Waals surface area contributed by atoms with Crippen molar-refractivity contribution < 1.29 is 9.18 Å². The third kappa shape index (κ3) is 3.61. The molecule has 2 saturated heterocycles. The number of nitrogens with zero attached hydrogens (tertiary/aromatic N) is 2. The van der Waals surface area contributed by atoms with Crippen LogP contribution in [0.2, 0.25) is 0 Å². The Kier molecular flexibility index (Phi) is 4.69. The maximum atomic E-state index is 13.3. The lowest BCUT2D eigenvalue weighted by atomic mass is 9.95. The zero-order valence-electron chi connectivity index (χ0n) is 11.2. The van der Waals surface area contributed by atoms with Crippen LogP contribution in [0.15, 0.2) is 0 Å². The lowest BCUT2D eigenvalue weighted by molar-refractivity contribution is -0.130. The summed E-state index contributed by atoms with van der Waals surface area (Å²) >= 11 is 1.93. The number of carbonyl (C=O) groups is 1. The van der Waals surface area contributed by atoms with Crippen LogP contribution in [-0.2, 0) is 4.79 Å². The Labute approximate surface area is 117 Å². The van der Waals surface area contributed by atoms with Gasteiger partial charge in [-0.3, -0.25) is 4.79 Å². The fraction of sp³-hybridized carbons (Fsp3) is 0.846. The number of nitrogens with one attached hydrogen (secondary N) is 1. The van der Waals surface area contributed by atoms with Gasteiger partial charge < -0.3 is 10.2 Å². The Balaban J connectivity index is 1.85. The number of halogens is 1. The highest BCUT2D eigenvalue weighted by atomic mass is 32.2. The summed E-state index contributed by atoms with van der Waals surface area (Å²) in [6.07, 6.45) is 1.17. The first kappa shape index (κ1) is 14.6. The molecule has 0 aliphatic carbocycles. The number of amides is 1. The van der Waals surface area contributed by atoms with Crippen LogP contribution >= 0.6 is 11.8 Å². The molecule has 0 spiro atoms.